The van der Waals surface area contributed by atoms with E-state index < -0.39 is 5.91 Å². The number of unbranched alkanes of at least 4 members (excludes halogenated alkanes) is 3. The van der Waals surface area contributed by atoms with Crippen LogP contribution in [0.5, 0.6) is 0 Å². The summed E-state index contributed by atoms with van der Waals surface area (Å²) < 4.78 is 5.44. The number of guanidine groups is 1. The molecule has 0 aliphatic rings. The van der Waals surface area contributed by atoms with Crippen LogP contribution in [0.3, 0.4) is 0 Å². The van der Waals surface area contributed by atoms with E-state index in [-0.39, 0.29) is 47.8 Å². The van der Waals surface area contributed by atoms with E-state index in [9.17, 15) is 4.79 Å². The second kappa shape index (κ2) is 13.0. The number of amides is 1. The molecule has 158 valence electrons. The number of hydrogen-bond donors (Lipinski definition) is 7. The van der Waals surface area contributed by atoms with E-state index in [1.807, 2.05) is 0 Å². The van der Waals surface area contributed by atoms with E-state index in [1.54, 1.807) is 0 Å². The second-order valence-electron chi connectivity index (χ2n) is 5.99. The molecular formula is C16H28ClN7O4. The molecule has 12 heteroatoms. The van der Waals surface area contributed by atoms with Gasteiger partial charge in [-0.3, -0.25) is 15.5 Å². The van der Waals surface area contributed by atoms with Gasteiger partial charge in [-0.1, -0.05) is 24.4 Å². The van der Waals surface area contributed by atoms with E-state index >= 15 is 0 Å². The maximum absolute atomic E-state index is 12.1. The van der Waals surface area contributed by atoms with Gasteiger partial charge in [0.05, 0.1) is 12.7 Å². The van der Waals surface area contributed by atoms with Crippen molar-refractivity contribution in [2.75, 3.05) is 37.8 Å². The molecule has 0 radical (unpaired) electrons. The Kier molecular flexibility index (Phi) is 11.1. The van der Waals surface area contributed by atoms with Gasteiger partial charge in [-0.05, 0) is 19.3 Å². The van der Waals surface area contributed by atoms with Crippen LogP contribution < -0.4 is 22.1 Å². The third-order valence-corrected chi connectivity index (χ3v) is 4.02. The van der Waals surface area contributed by atoms with Crippen LogP contribution in [-0.2, 0) is 4.74 Å². The van der Waals surface area contributed by atoms with Crippen molar-refractivity contribution in [2.45, 2.75) is 38.2 Å². The Morgan fingerprint density at radius 3 is 2.57 bits per heavy atom. The first kappa shape index (κ1) is 23.8. The van der Waals surface area contributed by atoms with Crippen LogP contribution in [0.4, 0.5) is 11.6 Å². The van der Waals surface area contributed by atoms with Crippen molar-refractivity contribution in [3.05, 3.63) is 10.8 Å². The third kappa shape index (κ3) is 8.65. The lowest BCUT2D eigenvalue weighted by Gasteiger charge is -2.14. The van der Waals surface area contributed by atoms with Gasteiger partial charge in [-0.15, -0.1) is 0 Å². The monoisotopic (exact) mass is 417 g/mol. The molecule has 1 aromatic rings. The Morgan fingerprint density at radius 2 is 1.89 bits per heavy atom. The lowest BCUT2D eigenvalue weighted by atomic mass is 10.2. The average molecular weight is 418 g/mol. The van der Waals surface area contributed by atoms with Gasteiger partial charge in [0, 0.05) is 19.8 Å². The molecule has 1 aromatic heterocycles. The maximum atomic E-state index is 12.1. The Morgan fingerprint density at radius 1 is 1.18 bits per heavy atom. The van der Waals surface area contributed by atoms with E-state index in [0.717, 1.165) is 25.7 Å². The van der Waals surface area contributed by atoms with Crippen LogP contribution in [-0.4, -0.2) is 64.5 Å². The first-order chi connectivity index (χ1) is 13.4. The van der Waals surface area contributed by atoms with Crippen molar-refractivity contribution in [3.8, 4) is 0 Å². The van der Waals surface area contributed by atoms with Gasteiger partial charge in [0.15, 0.2) is 28.4 Å². The predicted octanol–water partition coefficient (Wildman–Crippen LogP) is -0.131. The van der Waals surface area contributed by atoms with Gasteiger partial charge in [0.1, 0.15) is 0 Å². The SMILES string of the molecule is N=C(NCCCCCCOC(CO)CCO)NC(=O)c1nc(Cl)c(N)nc1N. The van der Waals surface area contributed by atoms with Crippen LogP contribution in [0.25, 0.3) is 0 Å². The average Bonchev–Trinajstić information content (AvgIpc) is 2.65. The second-order valence-corrected chi connectivity index (χ2v) is 6.35. The number of halogens is 1. The maximum Gasteiger partial charge on any atom is 0.280 e. The summed E-state index contributed by atoms with van der Waals surface area (Å²) in [6.07, 6.45) is 3.58. The van der Waals surface area contributed by atoms with Gasteiger partial charge >= 0.3 is 0 Å². The molecule has 0 fully saturated rings. The third-order valence-electron chi connectivity index (χ3n) is 3.74. The van der Waals surface area contributed by atoms with Gasteiger partial charge in [-0.25, -0.2) is 9.97 Å². The molecule has 0 aliphatic heterocycles. The minimum Gasteiger partial charge on any atom is -0.396 e. The largest absolute Gasteiger partial charge is 0.396 e. The quantitative estimate of drug-likeness (QED) is 0.138. The summed E-state index contributed by atoms with van der Waals surface area (Å²) in [6.45, 7) is 0.923. The highest BCUT2D eigenvalue weighted by Gasteiger charge is 2.16. The number of aliphatic hydroxyl groups excluding tert-OH is 2. The van der Waals surface area contributed by atoms with Crippen molar-refractivity contribution >= 4 is 35.1 Å². The highest BCUT2D eigenvalue weighted by atomic mass is 35.5. The summed E-state index contributed by atoms with van der Waals surface area (Å²) in [7, 11) is 0. The standard InChI is InChI=1S/C16H28ClN7O4/c17-12-14(19)23-13(18)11(22-12)15(27)24-16(20)21-6-3-1-2-4-8-28-10(9-26)5-7-25/h10,25-26H,1-9H2,(H4,18,19,23)(H3,20,21,24,27). The molecule has 9 N–H and O–H groups in total. The van der Waals surface area contributed by atoms with Crippen LogP contribution in [0.1, 0.15) is 42.6 Å². The van der Waals surface area contributed by atoms with Crippen molar-refractivity contribution in [2.24, 2.45) is 0 Å². The number of nitrogen functional groups attached to an aromatic ring is 2. The molecule has 1 heterocycles. The van der Waals surface area contributed by atoms with Crippen LogP contribution in [0, 0.1) is 5.41 Å². The highest BCUT2D eigenvalue weighted by Crippen LogP contribution is 2.17. The summed E-state index contributed by atoms with van der Waals surface area (Å²) in [6, 6.07) is 0. The van der Waals surface area contributed by atoms with E-state index in [0.29, 0.717) is 19.6 Å². The van der Waals surface area contributed by atoms with Crippen molar-refractivity contribution in [1.82, 2.24) is 20.6 Å². The summed E-state index contributed by atoms with van der Waals surface area (Å²) in [5.74, 6) is -1.13. The molecule has 0 bridgehead atoms. The molecule has 1 atom stereocenters. The lowest BCUT2D eigenvalue weighted by Crippen LogP contribution is -2.41. The zero-order chi connectivity index (χ0) is 20.9. The normalized spacial score (nSPS) is 11.8. The molecule has 11 nitrogen and oxygen atoms in total. The zero-order valence-electron chi connectivity index (χ0n) is 15.6. The molecule has 1 amide bonds. The molecular weight excluding hydrogens is 390 g/mol. The lowest BCUT2D eigenvalue weighted by molar-refractivity contribution is -0.00227. The van der Waals surface area contributed by atoms with E-state index in [4.69, 9.17) is 43.4 Å². The number of anilines is 2. The van der Waals surface area contributed by atoms with Gasteiger partial charge < -0.3 is 31.7 Å². The highest BCUT2D eigenvalue weighted by molar-refractivity contribution is 6.31. The number of aliphatic hydroxyl groups is 2. The molecule has 0 spiro atoms. The fourth-order valence-corrected chi connectivity index (χ4v) is 2.37. The first-order valence-corrected chi connectivity index (χ1v) is 9.32. The number of carbonyl (C=O) groups is 1. The molecule has 0 saturated heterocycles. The topological polar surface area (TPSA) is 192 Å². The van der Waals surface area contributed by atoms with Crippen molar-refractivity contribution in [3.63, 3.8) is 0 Å². The molecule has 0 aliphatic carbocycles. The number of nitrogens with zero attached hydrogens (tertiary/aromatic N) is 2. The zero-order valence-corrected chi connectivity index (χ0v) is 16.3. The number of hydrogen-bond acceptors (Lipinski definition) is 9. The number of ether oxygens (including phenoxy) is 1. The smallest absolute Gasteiger partial charge is 0.280 e. The molecule has 0 aromatic carbocycles. The summed E-state index contributed by atoms with van der Waals surface area (Å²) >= 11 is 5.73. The van der Waals surface area contributed by atoms with E-state index in [1.165, 1.54) is 0 Å². The fraction of sp³-hybridized carbons (Fsp3) is 0.625. The number of rotatable bonds is 12. The Bertz CT molecular complexity index is 648. The van der Waals surface area contributed by atoms with Gasteiger partial charge in [0.2, 0.25) is 0 Å². The summed E-state index contributed by atoms with van der Waals surface area (Å²) in [5, 5.41) is 30.5. The fourth-order valence-electron chi connectivity index (χ4n) is 2.24. The van der Waals surface area contributed by atoms with Gasteiger partial charge in [0.25, 0.3) is 5.91 Å². The van der Waals surface area contributed by atoms with Gasteiger partial charge in [-0.2, -0.15) is 0 Å². The summed E-state index contributed by atoms with van der Waals surface area (Å²) in [4.78, 5) is 19.5. The van der Waals surface area contributed by atoms with Crippen LogP contribution in [0.2, 0.25) is 5.15 Å². The number of carbonyl (C=O) groups excluding carboxylic acids is 1. The molecule has 0 saturated carbocycles. The first-order valence-electron chi connectivity index (χ1n) is 8.94. The van der Waals surface area contributed by atoms with Crippen molar-refractivity contribution in [1.29, 1.82) is 5.41 Å². The Hall–Kier alpha value is -2.21. The van der Waals surface area contributed by atoms with E-state index in [2.05, 4.69) is 20.6 Å². The summed E-state index contributed by atoms with van der Waals surface area (Å²) in [5.41, 5.74) is 10.8. The minimum atomic E-state index is -0.706. The molecule has 28 heavy (non-hydrogen) atoms. The predicted molar refractivity (Wildman–Crippen MR) is 106 cm³/mol. The van der Waals surface area contributed by atoms with Crippen LogP contribution in [0.15, 0.2) is 0 Å². The minimum absolute atomic E-state index is 0.00999. The Labute approximate surface area is 168 Å². The van der Waals surface area contributed by atoms with Crippen molar-refractivity contribution < 1.29 is 19.7 Å². The number of nitrogens with two attached hydrogens (primary N) is 2. The molecule has 1 rings (SSSR count). The van der Waals surface area contributed by atoms with Crippen LogP contribution >= 0.6 is 11.6 Å². The number of nitrogens with one attached hydrogen (secondary N) is 3. The number of aromatic nitrogens is 2. The Balaban J connectivity index is 2.17. The molecule has 1 unspecified atom stereocenters.